The lowest BCUT2D eigenvalue weighted by Crippen LogP contribution is -2.54. The fourth-order valence-corrected chi connectivity index (χ4v) is 4.24. The average molecular weight is 286 g/mol. The second kappa shape index (κ2) is 5.88. The number of fused-ring (bicyclic) bond motifs is 1. The van der Waals surface area contributed by atoms with Crippen LogP contribution in [0, 0.1) is 0 Å². The van der Waals surface area contributed by atoms with Crippen molar-refractivity contribution in [1.82, 2.24) is 9.88 Å². The van der Waals surface area contributed by atoms with Gasteiger partial charge < -0.3 is 0 Å². The third-order valence-corrected chi connectivity index (χ3v) is 5.51. The predicted octanol–water partition coefficient (Wildman–Crippen LogP) is 3.34. The van der Waals surface area contributed by atoms with Gasteiger partial charge in [0.2, 0.25) is 0 Å². The first-order chi connectivity index (χ1) is 10.1. The number of ketones is 1. The van der Waals surface area contributed by atoms with E-state index < -0.39 is 0 Å². The quantitative estimate of drug-likeness (QED) is 0.854. The van der Waals surface area contributed by atoms with E-state index in [9.17, 15) is 4.79 Å². The van der Waals surface area contributed by atoms with Crippen LogP contribution in [0.4, 0.5) is 0 Å². The van der Waals surface area contributed by atoms with Gasteiger partial charge in [0.15, 0.2) is 5.78 Å². The Morgan fingerprint density at radius 3 is 2.71 bits per heavy atom. The van der Waals surface area contributed by atoms with Crippen molar-refractivity contribution in [3.05, 3.63) is 29.6 Å². The first-order valence-electron chi connectivity index (χ1n) is 8.31. The number of rotatable bonds is 3. The molecule has 0 bridgehead atoms. The van der Waals surface area contributed by atoms with Crippen molar-refractivity contribution in [3.63, 3.8) is 0 Å². The van der Waals surface area contributed by atoms with Gasteiger partial charge in [-0.05, 0) is 57.8 Å². The van der Waals surface area contributed by atoms with E-state index in [-0.39, 0.29) is 11.5 Å². The van der Waals surface area contributed by atoms with E-state index in [0.717, 1.165) is 37.8 Å². The van der Waals surface area contributed by atoms with Gasteiger partial charge in [0, 0.05) is 6.20 Å². The lowest BCUT2D eigenvalue weighted by molar-refractivity contribution is -0.134. The minimum Gasteiger partial charge on any atom is -0.297 e. The van der Waals surface area contributed by atoms with E-state index in [2.05, 4.69) is 30.0 Å². The Morgan fingerprint density at radius 2 is 2.00 bits per heavy atom. The summed E-state index contributed by atoms with van der Waals surface area (Å²) in [5.41, 5.74) is 2.09. The molecule has 0 aliphatic heterocycles. The maximum absolute atomic E-state index is 13.4. The number of hydrogen-bond acceptors (Lipinski definition) is 3. The molecule has 1 saturated carbocycles. The minimum absolute atomic E-state index is 0.00968. The second-order valence-corrected chi connectivity index (χ2v) is 6.84. The van der Waals surface area contributed by atoms with E-state index in [4.69, 9.17) is 0 Å². The average Bonchev–Trinajstić information content (AvgIpc) is 2.54. The molecule has 0 radical (unpaired) electrons. The van der Waals surface area contributed by atoms with Gasteiger partial charge in [-0.25, -0.2) is 0 Å². The molecule has 114 valence electrons. The van der Waals surface area contributed by atoms with Crippen molar-refractivity contribution in [1.29, 1.82) is 0 Å². The highest BCUT2D eigenvalue weighted by molar-refractivity contribution is 5.94. The molecule has 3 nitrogen and oxygen atoms in total. The number of hydrogen-bond donors (Lipinski definition) is 0. The fourth-order valence-electron chi connectivity index (χ4n) is 4.24. The van der Waals surface area contributed by atoms with Gasteiger partial charge in [0.1, 0.15) is 0 Å². The molecule has 1 unspecified atom stereocenters. The summed E-state index contributed by atoms with van der Waals surface area (Å²) in [6.07, 6.45) is 10.6. The van der Waals surface area contributed by atoms with Crippen molar-refractivity contribution in [2.24, 2.45) is 0 Å². The maximum atomic E-state index is 13.4. The Kier molecular flexibility index (Phi) is 4.12. The van der Waals surface area contributed by atoms with Crippen LogP contribution in [0.5, 0.6) is 0 Å². The molecule has 1 aromatic heterocycles. The van der Waals surface area contributed by atoms with Gasteiger partial charge in [-0.1, -0.05) is 25.3 Å². The first kappa shape index (κ1) is 14.7. The fraction of sp³-hybridized carbons (Fsp3) is 0.667. The monoisotopic (exact) mass is 286 g/mol. The summed E-state index contributed by atoms with van der Waals surface area (Å²) in [5, 5.41) is 0. The molecule has 3 rings (SSSR count). The topological polar surface area (TPSA) is 33.2 Å². The van der Waals surface area contributed by atoms with Gasteiger partial charge >= 0.3 is 0 Å². The van der Waals surface area contributed by atoms with Gasteiger partial charge in [-0.15, -0.1) is 0 Å². The number of pyridine rings is 1. The molecule has 0 aromatic carbocycles. The van der Waals surface area contributed by atoms with Crippen molar-refractivity contribution in [2.75, 3.05) is 14.1 Å². The standard InChI is InChI=1S/C18H26N2O/c1-20(2)18(11-4-3-5-12-18)17(21)15-10-6-8-14-9-7-13-19-16(14)15/h7,9,13,15H,3-6,8,10-12H2,1-2H3. The largest absolute Gasteiger partial charge is 0.297 e. The lowest BCUT2D eigenvalue weighted by Gasteiger charge is -2.44. The molecule has 2 aliphatic rings. The maximum Gasteiger partial charge on any atom is 0.162 e. The van der Waals surface area contributed by atoms with E-state index in [1.54, 1.807) is 0 Å². The molecular weight excluding hydrogens is 260 g/mol. The van der Waals surface area contributed by atoms with Gasteiger partial charge in [0.05, 0.1) is 17.2 Å². The van der Waals surface area contributed by atoms with Crippen LogP contribution in [-0.4, -0.2) is 35.3 Å². The third-order valence-electron chi connectivity index (χ3n) is 5.51. The summed E-state index contributed by atoms with van der Waals surface area (Å²) in [4.78, 5) is 20.2. The zero-order valence-electron chi connectivity index (χ0n) is 13.3. The van der Waals surface area contributed by atoms with Crippen LogP contribution in [0.25, 0.3) is 0 Å². The summed E-state index contributed by atoms with van der Waals surface area (Å²) in [5.74, 6) is 0.433. The summed E-state index contributed by atoms with van der Waals surface area (Å²) >= 11 is 0. The molecule has 3 heteroatoms. The van der Waals surface area contributed by atoms with Crippen LogP contribution < -0.4 is 0 Å². The molecule has 0 N–H and O–H groups in total. The number of aromatic nitrogens is 1. The van der Waals surface area contributed by atoms with Crippen LogP contribution in [0.1, 0.15) is 62.1 Å². The Morgan fingerprint density at radius 1 is 1.24 bits per heavy atom. The Bertz CT molecular complexity index is 518. The highest BCUT2D eigenvalue weighted by atomic mass is 16.1. The molecule has 2 aliphatic carbocycles. The summed E-state index contributed by atoms with van der Waals surface area (Å²) in [6.45, 7) is 0. The van der Waals surface area contributed by atoms with Gasteiger partial charge in [-0.2, -0.15) is 0 Å². The van der Waals surface area contributed by atoms with Crippen molar-refractivity contribution in [3.8, 4) is 0 Å². The Balaban J connectivity index is 1.94. The summed E-state index contributed by atoms with van der Waals surface area (Å²) < 4.78 is 0. The highest BCUT2D eigenvalue weighted by Crippen LogP contribution is 2.40. The van der Waals surface area contributed by atoms with Crippen LogP contribution >= 0.6 is 0 Å². The SMILES string of the molecule is CN(C)C1(C(=O)C2CCCc3cccnc32)CCCCC1. The second-order valence-electron chi connectivity index (χ2n) is 6.84. The lowest BCUT2D eigenvalue weighted by atomic mass is 9.70. The van der Waals surface area contributed by atoms with Crippen LogP contribution in [0.2, 0.25) is 0 Å². The normalized spacial score (nSPS) is 24.6. The molecule has 1 aromatic rings. The van der Waals surface area contributed by atoms with Crippen molar-refractivity contribution >= 4 is 5.78 Å². The highest BCUT2D eigenvalue weighted by Gasteiger charge is 2.45. The van der Waals surface area contributed by atoms with Crippen LogP contribution in [-0.2, 0) is 11.2 Å². The predicted molar refractivity (Wildman–Crippen MR) is 84.4 cm³/mol. The molecular formula is C18H26N2O. The number of aryl methyl sites for hydroxylation is 1. The number of likely N-dealkylation sites (N-methyl/N-ethyl adjacent to an activating group) is 1. The van der Waals surface area contributed by atoms with Crippen LogP contribution in [0.3, 0.4) is 0 Å². The minimum atomic E-state index is -0.255. The molecule has 0 amide bonds. The van der Waals surface area contributed by atoms with E-state index >= 15 is 0 Å². The Labute approximate surface area is 127 Å². The molecule has 0 spiro atoms. The number of nitrogens with zero attached hydrogens (tertiary/aromatic N) is 2. The smallest absolute Gasteiger partial charge is 0.162 e. The van der Waals surface area contributed by atoms with Crippen molar-refractivity contribution in [2.45, 2.75) is 62.8 Å². The number of carbonyl (C=O) groups excluding carboxylic acids is 1. The molecule has 1 fully saturated rings. The van der Waals surface area contributed by atoms with Gasteiger partial charge in [0.25, 0.3) is 0 Å². The van der Waals surface area contributed by atoms with Gasteiger partial charge in [-0.3, -0.25) is 14.7 Å². The molecule has 21 heavy (non-hydrogen) atoms. The zero-order valence-corrected chi connectivity index (χ0v) is 13.3. The van der Waals surface area contributed by atoms with E-state index in [1.807, 2.05) is 12.3 Å². The number of Topliss-reactive ketones (excluding diaryl/α,β-unsaturated/α-hetero) is 1. The molecule has 1 atom stereocenters. The first-order valence-corrected chi connectivity index (χ1v) is 8.31. The Hall–Kier alpha value is -1.22. The molecule has 1 heterocycles. The number of carbonyl (C=O) groups is 1. The van der Waals surface area contributed by atoms with Crippen LogP contribution in [0.15, 0.2) is 18.3 Å². The molecule has 0 saturated heterocycles. The van der Waals surface area contributed by atoms with E-state index in [0.29, 0.717) is 5.78 Å². The third kappa shape index (κ3) is 2.52. The van der Waals surface area contributed by atoms with Crippen molar-refractivity contribution < 1.29 is 4.79 Å². The van der Waals surface area contributed by atoms with E-state index in [1.165, 1.54) is 24.8 Å². The summed E-state index contributed by atoms with van der Waals surface area (Å²) in [6, 6.07) is 4.14. The summed E-state index contributed by atoms with van der Waals surface area (Å²) in [7, 11) is 4.15. The zero-order chi connectivity index (χ0) is 14.9.